The molecule has 2 aliphatic rings. The highest BCUT2D eigenvalue weighted by Gasteiger charge is 2.30. The maximum atomic E-state index is 12.5. The van der Waals surface area contributed by atoms with E-state index in [-0.39, 0.29) is 18.1 Å². The van der Waals surface area contributed by atoms with E-state index < -0.39 is 0 Å². The molecule has 24 heavy (non-hydrogen) atoms. The number of hydrogen-bond donors (Lipinski definition) is 1. The van der Waals surface area contributed by atoms with Crippen molar-refractivity contribution in [2.75, 3.05) is 13.1 Å². The highest BCUT2D eigenvalue weighted by atomic mass is 16.5. The molecule has 1 saturated heterocycles. The molecule has 2 fully saturated rings. The van der Waals surface area contributed by atoms with E-state index in [2.05, 4.69) is 32.0 Å². The minimum atomic E-state index is 0.211. The van der Waals surface area contributed by atoms with Gasteiger partial charge in [0.2, 0.25) is 5.91 Å². The van der Waals surface area contributed by atoms with Crippen LogP contribution in [0.15, 0.2) is 18.2 Å². The molecule has 0 unspecified atom stereocenters. The Labute approximate surface area is 145 Å². The van der Waals surface area contributed by atoms with Crippen molar-refractivity contribution in [3.05, 3.63) is 29.3 Å². The third-order valence-corrected chi connectivity index (χ3v) is 5.59. The standard InChI is InChI=1S/C20H30N2O2/c1-14-6-7-15(2)19(12-14)24-17-8-10-22(11-9-17)20(23)13-16-4-3-5-18(16)21/h6-7,12,16-18H,3-5,8-11,13,21H2,1-2H3/t16-,18+/m0/s1. The van der Waals surface area contributed by atoms with Crippen molar-refractivity contribution >= 4 is 5.91 Å². The number of benzene rings is 1. The molecule has 0 radical (unpaired) electrons. The molecule has 2 atom stereocenters. The number of aryl methyl sites for hydroxylation is 2. The number of amides is 1. The van der Waals surface area contributed by atoms with Gasteiger partial charge >= 0.3 is 0 Å². The second kappa shape index (κ2) is 7.56. The van der Waals surface area contributed by atoms with Crippen molar-refractivity contribution in [2.24, 2.45) is 11.7 Å². The summed E-state index contributed by atoms with van der Waals surface area (Å²) < 4.78 is 6.19. The molecule has 1 aromatic carbocycles. The summed E-state index contributed by atoms with van der Waals surface area (Å²) >= 11 is 0. The topological polar surface area (TPSA) is 55.6 Å². The van der Waals surface area contributed by atoms with Gasteiger partial charge in [-0.2, -0.15) is 0 Å². The molecule has 1 aliphatic carbocycles. The summed E-state index contributed by atoms with van der Waals surface area (Å²) in [6, 6.07) is 6.54. The molecule has 1 aliphatic heterocycles. The number of likely N-dealkylation sites (tertiary alicyclic amines) is 1. The summed E-state index contributed by atoms with van der Waals surface area (Å²) in [6.45, 7) is 5.77. The Balaban J connectivity index is 1.48. The third-order valence-electron chi connectivity index (χ3n) is 5.59. The zero-order valence-corrected chi connectivity index (χ0v) is 15.0. The van der Waals surface area contributed by atoms with E-state index in [9.17, 15) is 4.79 Å². The van der Waals surface area contributed by atoms with Crippen LogP contribution in [0.2, 0.25) is 0 Å². The Kier molecular flexibility index (Phi) is 5.44. The van der Waals surface area contributed by atoms with Gasteiger partial charge in [-0.05, 0) is 49.8 Å². The van der Waals surface area contributed by atoms with Gasteiger partial charge < -0.3 is 15.4 Å². The number of carbonyl (C=O) groups excluding carboxylic acids is 1. The van der Waals surface area contributed by atoms with Crippen LogP contribution in [0.25, 0.3) is 0 Å². The van der Waals surface area contributed by atoms with Gasteiger partial charge in [0.15, 0.2) is 0 Å². The van der Waals surface area contributed by atoms with Crippen LogP contribution in [-0.2, 0) is 4.79 Å². The molecule has 132 valence electrons. The SMILES string of the molecule is Cc1ccc(C)c(OC2CCN(C(=O)C[C@@H]3CCC[C@H]3N)CC2)c1. The van der Waals surface area contributed by atoms with E-state index in [0.29, 0.717) is 12.3 Å². The van der Waals surface area contributed by atoms with Gasteiger partial charge in [0.25, 0.3) is 0 Å². The Morgan fingerprint density at radius 3 is 2.62 bits per heavy atom. The van der Waals surface area contributed by atoms with Crippen molar-refractivity contribution in [2.45, 2.75) is 64.5 Å². The summed E-state index contributed by atoms with van der Waals surface area (Å²) in [7, 11) is 0. The summed E-state index contributed by atoms with van der Waals surface area (Å²) in [5.74, 6) is 1.65. The fourth-order valence-corrected chi connectivity index (χ4v) is 3.91. The normalized spacial score (nSPS) is 25.0. The molecule has 3 rings (SSSR count). The first-order chi connectivity index (χ1) is 11.5. The largest absolute Gasteiger partial charge is 0.490 e. The van der Waals surface area contributed by atoms with Crippen molar-refractivity contribution < 1.29 is 9.53 Å². The summed E-state index contributed by atoms with van der Waals surface area (Å²) in [4.78, 5) is 14.5. The zero-order chi connectivity index (χ0) is 17.1. The molecule has 1 amide bonds. The monoisotopic (exact) mass is 330 g/mol. The average Bonchev–Trinajstić information content (AvgIpc) is 2.96. The van der Waals surface area contributed by atoms with Crippen LogP contribution >= 0.6 is 0 Å². The average molecular weight is 330 g/mol. The molecule has 4 heteroatoms. The highest BCUT2D eigenvalue weighted by molar-refractivity contribution is 5.76. The van der Waals surface area contributed by atoms with Crippen LogP contribution < -0.4 is 10.5 Å². The maximum Gasteiger partial charge on any atom is 0.222 e. The number of nitrogens with two attached hydrogens (primary N) is 1. The van der Waals surface area contributed by atoms with Gasteiger partial charge in [-0.15, -0.1) is 0 Å². The Morgan fingerprint density at radius 2 is 1.96 bits per heavy atom. The van der Waals surface area contributed by atoms with Crippen molar-refractivity contribution in [1.82, 2.24) is 4.90 Å². The Bertz CT molecular complexity index is 579. The molecular weight excluding hydrogens is 300 g/mol. The fourth-order valence-electron chi connectivity index (χ4n) is 3.91. The van der Waals surface area contributed by atoms with Crippen molar-refractivity contribution in [3.8, 4) is 5.75 Å². The van der Waals surface area contributed by atoms with Gasteiger partial charge in [0.1, 0.15) is 11.9 Å². The highest BCUT2D eigenvalue weighted by Crippen LogP contribution is 2.28. The lowest BCUT2D eigenvalue weighted by molar-refractivity contribution is -0.134. The minimum Gasteiger partial charge on any atom is -0.490 e. The van der Waals surface area contributed by atoms with Crippen LogP contribution in [0.5, 0.6) is 5.75 Å². The van der Waals surface area contributed by atoms with Crippen LogP contribution in [0, 0.1) is 19.8 Å². The predicted octanol–water partition coefficient (Wildman–Crippen LogP) is 3.19. The summed E-state index contributed by atoms with van der Waals surface area (Å²) in [6.07, 6.45) is 6.02. The number of carbonyl (C=O) groups is 1. The first-order valence-electron chi connectivity index (χ1n) is 9.30. The van der Waals surface area contributed by atoms with Gasteiger partial charge in [0.05, 0.1) is 0 Å². The molecule has 4 nitrogen and oxygen atoms in total. The number of piperidine rings is 1. The Morgan fingerprint density at radius 1 is 1.21 bits per heavy atom. The van der Waals surface area contributed by atoms with E-state index in [1.165, 1.54) is 17.5 Å². The van der Waals surface area contributed by atoms with E-state index in [1.807, 2.05) is 4.90 Å². The number of rotatable bonds is 4. The van der Waals surface area contributed by atoms with Crippen LogP contribution in [0.1, 0.15) is 49.7 Å². The smallest absolute Gasteiger partial charge is 0.222 e. The molecule has 0 aromatic heterocycles. The summed E-state index contributed by atoms with van der Waals surface area (Å²) in [5, 5.41) is 0. The van der Waals surface area contributed by atoms with Gasteiger partial charge in [-0.1, -0.05) is 18.6 Å². The maximum absolute atomic E-state index is 12.5. The van der Waals surface area contributed by atoms with Gasteiger partial charge in [-0.25, -0.2) is 0 Å². The molecule has 0 spiro atoms. The molecule has 0 bridgehead atoms. The number of hydrogen-bond acceptors (Lipinski definition) is 3. The second-order valence-corrected chi connectivity index (χ2v) is 7.53. The lowest BCUT2D eigenvalue weighted by Gasteiger charge is -2.33. The van der Waals surface area contributed by atoms with Crippen molar-refractivity contribution in [1.29, 1.82) is 0 Å². The van der Waals surface area contributed by atoms with Crippen LogP contribution in [-0.4, -0.2) is 36.0 Å². The van der Waals surface area contributed by atoms with Crippen LogP contribution in [0.4, 0.5) is 0 Å². The summed E-state index contributed by atoms with van der Waals surface area (Å²) in [5.41, 5.74) is 8.49. The van der Waals surface area contributed by atoms with E-state index in [4.69, 9.17) is 10.5 Å². The molecule has 1 aromatic rings. The lowest BCUT2D eigenvalue weighted by Crippen LogP contribution is -2.43. The zero-order valence-electron chi connectivity index (χ0n) is 15.0. The number of nitrogens with zero attached hydrogens (tertiary/aromatic N) is 1. The third kappa shape index (κ3) is 4.10. The lowest BCUT2D eigenvalue weighted by atomic mass is 9.98. The van der Waals surface area contributed by atoms with Crippen molar-refractivity contribution in [3.63, 3.8) is 0 Å². The Hall–Kier alpha value is -1.55. The number of ether oxygens (including phenoxy) is 1. The predicted molar refractivity (Wildman–Crippen MR) is 96.1 cm³/mol. The molecule has 1 heterocycles. The molecule has 2 N–H and O–H groups in total. The molecule has 1 saturated carbocycles. The first kappa shape index (κ1) is 17.3. The van der Waals surface area contributed by atoms with Gasteiger partial charge in [-0.3, -0.25) is 4.79 Å². The molecular formula is C20H30N2O2. The first-order valence-corrected chi connectivity index (χ1v) is 9.30. The quantitative estimate of drug-likeness (QED) is 0.922. The fraction of sp³-hybridized carbons (Fsp3) is 0.650. The van der Waals surface area contributed by atoms with E-state index in [0.717, 1.165) is 44.5 Å². The van der Waals surface area contributed by atoms with Gasteiger partial charge in [0, 0.05) is 38.4 Å². The van der Waals surface area contributed by atoms with E-state index >= 15 is 0 Å². The van der Waals surface area contributed by atoms with Crippen LogP contribution in [0.3, 0.4) is 0 Å². The second-order valence-electron chi connectivity index (χ2n) is 7.53. The van der Waals surface area contributed by atoms with E-state index in [1.54, 1.807) is 0 Å². The minimum absolute atomic E-state index is 0.211.